The van der Waals surface area contributed by atoms with Crippen molar-refractivity contribution in [2.24, 2.45) is 0 Å². The highest BCUT2D eigenvalue weighted by Crippen LogP contribution is 2.08. The SMILES string of the molecule is N#CCCCNS(=O)(=O)c1cncc(F)c1. The van der Waals surface area contributed by atoms with Crippen molar-refractivity contribution in [3.63, 3.8) is 0 Å². The van der Waals surface area contributed by atoms with Crippen LogP contribution in [-0.2, 0) is 10.0 Å². The van der Waals surface area contributed by atoms with E-state index in [1.54, 1.807) is 0 Å². The Hall–Kier alpha value is -1.52. The second-order valence-electron chi connectivity index (χ2n) is 3.00. The lowest BCUT2D eigenvalue weighted by Gasteiger charge is -2.04. The second kappa shape index (κ2) is 5.53. The van der Waals surface area contributed by atoms with Crippen molar-refractivity contribution in [2.75, 3.05) is 6.54 Å². The molecule has 0 atom stereocenters. The van der Waals surface area contributed by atoms with E-state index in [2.05, 4.69) is 9.71 Å². The highest BCUT2D eigenvalue weighted by molar-refractivity contribution is 7.89. The second-order valence-corrected chi connectivity index (χ2v) is 4.77. The van der Waals surface area contributed by atoms with Crippen LogP contribution in [0.1, 0.15) is 12.8 Å². The highest BCUT2D eigenvalue weighted by atomic mass is 32.2. The molecule has 0 aliphatic heterocycles. The maximum atomic E-state index is 12.7. The molecule has 1 aromatic heterocycles. The molecule has 0 saturated carbocycles. The molecule has 0 amide bonds. The number of hydrogen-bond acceptors (Lipinski definition) is 4. The van der Waals surface area contributed by atoms with Gasteiger partial charge in [0.25, 0.3) is 0 Å². The fourth-order valence-electron chi connectivity index (χ4n) is 0.997. The smallest absolute Gasteiger partial charge is 0.242 e. The molecule has 0 fully saturated rings. The molecule has 0 radical (unpaired) electrons. The third kappa shape index (κ3) is 3.56. The fourth-order valence-corrected chi connectivity index (χ4v) is 2.04. The van der Waals surface area contributed by atoms with Crippen LogP contribution < -0.4 is 4.72 Å². The number of nitrogens with one attached hydrogen (secondary N) is 1. The van der Waals surface area contributed by atoms with E-state index < -0.39 is 15.8 Å². The molecule has 0 aliphatic carbocycles. The average Bonchev–Trinajstić information content (AvgIpc) is 2.24. The Morgan fingerprint density at radius 1 is 1.50 bits per heavy atom. The van der Waals surface area contributed by atoms with E-state index in [0.29, 0.717) is 6.42 Å². The number of sulfonamides is 1. The molecule has 86 valence electrons. The van der Waals surface area contributed by atoms with Gasteiger partial charge in [0, 0.05) is 19.2 Å². The quantitative estimate of drug-likeness (QED) is 0.775. The van der Waals surface area contributed by atoms with Gasteiger partial charge < -0.3 is 0 Å². The van der Waals surface area contributed by atoms with Gasteiger partial charge in [-0.05, 0) is 12.5 Å². The van der Waals surface area contributed by atoms with E-state index in [4.69, 9.17) is 5.26 Å². The first kappa shape index (κ1) is 12.5. The zero-order valence-corrected chi connectivity index (χ0v) is 9.17. The molecule has 1 aromatic rings. The van der Waals surface area contributed by atoms with Crippen LogP contribution in [0.15, 0.2) is 23.4 Å². The Labute approximate surface area is 93.0 Å². The summed E-state index contributed by atoms with van der Waals surface area (Å²) in [5, 5.41) is 8.26. The van der Waals surface area contributed by atoms with E-state index in [1.165, 1.54) is 0 Å². The first-order chi connectivity index (χ1) is 7.56. The van der Waals surface area contributed by atoms with Crippen LogP contribution in [0.25, 0.3) is 0 Å². The van der Waals surface area contributed by atoms with Crippen molar-refractivity contribution in [2.45, 2.75) is 17.7 Å². The number of hydrogen-bond donors (Lipinski definition) is 1. The third-order valence-electron chi connectivity index (χ3n) is 1.75. The molecule has 1 rings (SSSR count). The van der Waals surface area contributed by atoms with E-state index in [-0.39, 0.29) is 17.9 Å². The molecule has 0 unspecified atom stereocenters. The molecular weight excluding hydrogens is 233 g/mol. The first-order valence-corrected chi connectivity index (χ1v) is 6.02. The number of nitriles is 1. The minimum atomic E-state index is -3.73. The van der Waals surface area contributed by atoms with Gasteiger partial charge >= 0.3 is 0 Å². The number of halogens is 1. The number of aromatic nitrogens is 1. The van der Waals surface area contributed by atoms with Gasteiger partial charge in [-0.15, -0.1) is 0 Å². The Kier molecular flexibility index (Phi) is 4.34. The summed E-state index contributed by atoms with van der Waals surface area (Å²) in [6.07, 6.45) is 2.67. The third-order valence-corrected chi connectivity index (χ3v) is 3.18. The molecule has 0 spiro atoms. The van der Waals surface area contributed by atoms with E-state index in [0.717, 1.165) is 18.5 Å². The minimum absolute atomic E-state index is 0.145. The molecule has 1 N–H and O–H groups in total. The topological polar surface area (TPSA) is 82.9 Å². The molecule has 0 aliphatic rings. The summed E-state index contributed by atoms with van der Waals surface area (Å²) in [5.74, 6) is -0.708. The molecule has 16 heavy (non-hydrogen) atoms. The Morgan fingerprint density at radius 2 is 2.25 bits per heavy atom. The Bertz CT molecular complexity index is 496. The number of unbranched alkanes of at least 4 members (excludes halogenated alkanes) is 1. The normalized spacial score (nSPS) is 11.0. The zero-order valence-electron chi connectivity index (χ0n) is 8.35. The standard InChI is InChI=1S/C9H10FN3O2S/c10-8-5-9(7-12-6-8)16(14,15)13-4-2-1-3-11/h5-7,13H,1-2,4H2. The summed E-state index contributed by atoms with van der Waals surface area (Å²) in [5.41, 5.74) is 0. The maximum absolute atomic E-state index is 12.7. The minimum Gasteiger partial charge on any atom is -0.260 e. The predicted octanol–water partition coefficient (Wildman–Crippen LogP) is 0.803. The number of pyridine rings is 1. The lowest BCUT2D eigenvalue weighted by molar-refractivity contribution is 0.574. The van der Waals surface area contributed by atoms with Gasteiger partial charge in [0.2, 0.25) is 10.0 Å². The van der Waals surface area contributed by atoms with Crippen molar-refractivity contribution < 1.29 is 12.8 Å². The number of nitrogens with zero attached hydrogens (tertiary/aromatic N) is 2. The molecule has 1 heterocycles. The van der Waals surface area contributed by atoms with Crippen LogP contribution in [0, 0.1) is 17.1 Å². The fraction of sp³-hybridized carbons (Fsp3) is 0.333. The van der Waals surface area contributed by atoms with Gasteiger partial charge in [-0.3, -0.25) is 4.98 Å². The van der Waals surface area contributed by atoms with Gasteiger partial charge in [-0.25, -0.2) is 17.5 Å². The number of rotatable bonds is 5. The zero-order chi connectivity index (χ0) is 12.0. The van der Waals surface area contributed by atoms with Crippen LogP contribution in [0.2, 0.25) is 0 Å². The van der Waals surface area contributed by atoms with Crippen molar-refractivity contribution in [1.29, 1.82) is 5.26 Å². The summed E-state index contributed by atoms with van der Waals surface area (Å²) < 4.78 is 38.1. The summed E-state index contributed by atoms with van der Waals surface area (Å²) in [6, 6.07) is 2.78. The van der Waals surface area contributed by atoms with Gasteiger partial charge in [0.1, 0.15) is 10.7 Å². The molecule has 7 heteroatoms. The molecule has 0 aromatic carbocycles. The monoisotopic (exact) mass is 243 g/mol. The van der Waals surface area contributed by atoms with E-state index >= 15 is 0 Å². The molecule has 0 bridgehead atoms. The summed E-state index contributed by atoms with van der Waals surface area (Å²) >= 11 is 0. The van der Waals surface area contributed by atoms with Gasteiger partial charge in [-0.1, -0.05) is 0 Å². The van der Waals surface area contributed by atoms with Gasteiger partial charge in [0.05, 0.1) is 12.3 Å². The van der Waals surface area contributed by atoms with Crippen LogP contribution in [0.4, 0.5) is 4.39 Å². The largest absolute Gasteiger partial charge is 0.260 e. The summed E-state index contributed by atoms with van der Waals surface area (Å²) in [6.45, 7) is 0.145. The summed E-state index contributed by atoms with van der Waals surface area (Å²) in [4.78, 5) is 3.23. The van der Waals surface area contributed by atoms with Gasteiger partial charge in [-0.2, -0.15) is 5.26 Å². The van der Waals surface area contributed by atoms with Crippen LogP contribution in [0.5, 0.6) is 0 Å². The maximum Gasteiger partial charge on any atom is 0.242 e. The first-order valence-electron chi connectivity index (χ1n) is 4.53. The molecule has 5 nitrogen and oxygen atoms in total. The Balaban J connectivity index is 2.68. The highest BCUT2D eigenvalue weighted by Gasteiger charge is 2.14. The van der Waals surface area contributed by atoms with Crippen molar-refractivity contribution in [3.8, 4) is 6.07 Å². The van der Waals surface area contributed by atoms with Crippen LogP contribution >= 0.6 is 0 Å². The average molecular weight is 243 g/mol. The Morgan fingerprint density at radius 3 is 2.88 bits per heavy atom. The van der Waals surface area contributed by atoms with E-state index in [1.807, 2.05) is 6.07 Å². The van der Waals surface area contributed by atoms with Crippen molar-refractivity contribution in [3.05, 3.63) is 24.3 Å². The van der Waals surface area contributed by atoms with Gasteiger partial charge in [0.15, 0.2) is 0 Å². The van der Waals surface area contributed by atoms with Crippen LogP contribution in [-0.4, -0.2) is 19.9 Å². The van der Waals surface area contributed by atoms with Crippen molar-refractivity contribution in [1.82, 2.24) is 9.71 Å². The lowest BCUT2D eigenvalue weighted by Crippen LogP contribution is -2.25. The lowest BCUT2D eigenvalue weighted by atomic mass is 10.3. The summed E-state index contributed by atoms with van der Waals surface area (Å²) in [7, 11) is -3.73. The van der Waals surface area contributed by atoms with Crippen molar-refractivity contribution >= 4 is 10.0 Å². The van der Waals surface area contributed by atoms with Crippen LogP contribution in [0.3, 0.4) is 0 Å². The molecule has 0 saturated heterocycles. The van der Waals surface area contributed by atoms with E-state index in [9.17, 15) is 12.8 Å². The molecular formula is C9H10FN3O2S. The predicted molar refractivity (Wildman–Crippen MR) is 54.2 cm³/mol.